The lowest BCUT2D eigenvalue weighted by molar-refractivity contribution is -0.114. The largest absolute Gasteiger partial charge is 0.364 e. The molecule has 0 atom stereocenters. The first-order valence-electron chi connectivity index (χ1n) is 7.19. The van der Waals surface area contributed by atoms with E-state index in [0.29, 0.717) is 5.75 Å². The number of hydrogen-bond donors (Lipinski definition) is 1. The van der Waals surface area contributed by atoms with Gasteiger partial charge >= 0.3 is 0 Å². The number of primary amides is 1. The van der Waals surface area contributed by atoms with Crippen LogP contribution in [0.15, 0.2) is 78.1 Å². The summed E-state index contributed by atoms with van der Waals surface area (Å²) in [5, 5.41) is 1.88. The third kappa shape index (κ3) is 12.6. The summed E-state index contributed by atoms with van der Waals surface area (Å²) in [5.41, 5.74) is 5.31. The van der Waals surface area contributed by atoms with Crippen molar-refractivity contribution in [1.29, 1.82) is 0 Å². The molecule has 0 aromatic carbocycles. The fraction of sp³-hybridized carbons (Fsp3) is 0.0625. The van der Waals surface area contributed by atoms with Crippen LogP contribution >= 0.6 is 21.6 Å². The second-order valence-electron chi connectivity index (χ2n) is 3.99. The van der Waals surface area contributed by atoms with Crippen LogP contribution in [0.5, 0.6) is 0 Å². The van der Waals surface area contributed by atoms with Crippen molar-refractivity contribution < 1.29 is 4.79 Å². The number of nitrogens with zero attached hydrogens (tertiary/aromatic N) is 6. The zero-order chi connectivity index (χ0) is 18.7. The van der Waals surface area contributed by atoms with Gasteiger partial charge < -0.3 is 5.73 Å². The van der Waals surface area contributed by atoms with Gasteiger partial charge in [-0.05, 0) is 11.5 Å². The normalized spacial score (nSPS) is 16.7. The summed E-state index contributed by atoms with van der Waals surface area (Å²) in [4.78, 5) is 35.0. The van der Waals surface area contributed by atoms with E-state index in [2.05, 4.69) is 30.0 Å². The van der Waals surface area contributed by atoms with Gasteiger partial charge in [0.15, 0.2) is 0 Å². The van der Waals surface area contributed by atoms with Crippen LogP contribution in [0.25, 0.3) is 0 Å². The van der Waals surface area contributed by atoms with Crippen molar-refractivity contribution in [2.75, 3.05) is 5.75 Å². The second kappa shape index (κ2) is 15.7. The Morgan fingerprint density at radius 2 is 1.46 bits per heavy atom. The minimum atomic E-state index is -0.654. The molecule has 1 aliphatic rings. The monoisotopic (exact) mass is 387 g/mol. The molecule has 1 aliphatic heterocycles. The van der Waals surface area contributed by atoms with Gasteiger partial charge in [0.2, 0.25) is 0 Å². The standard InChI is InChI=1S/C16H17N7OS2/c17-16(24)15-14-22-10-9-21-8-7-20-6-5-19-4-3-18-2-1-12-25-26-13-11-23-15/h1-12,14H,13H2,(H2,17,24). The highest BCUT2D eigenvalue weighted by molar-refractivity contribution is 8.78. The van der Waals surface area contributed by atoms with Crippen molar-refractivity contribution in [2.45, 2.75) is 0 Å². The zero-order valence-electron chi connectivity index (χ0n) is 13.7. The lowest BCUT2D eigenvalue weighted by Crippen LogP contribution is -2.12. The lowest BCUT2D eigenvalue weighted by Gasteiger charge is -1.93. The second-order valence-corrected chi connectivity index (χ2v) is 6.30. The van der Waals surface area contributed by atoms with Crippen LogP contribution in [0, 0.1) is 0 Å². The molecule has 0 saturated carbocycles. The number of amides is 1. The van der Waals surface area contributed by atoms with Crippen LogP contribution < -0.4 is 5.73 Å². The fourth-order valence-electron chi connectivity index (χ4n) is 1.14. The molecule has 0 radical (unpaired) electrons. The van der Waals surface area contributed by atoms with Gasteiger partial charge in [-0.1, -0.05) is 21.6 Å². The van der Waals surface area contributed by atoms with E-state index in [1.54, 1.807) is 41.7 Å². The van der Waals surface area contributed by atoms with E-state index < -0.39 is 5.91 Å². The van der Waals surface area contributed by atoms with Crippen molar-refractivity contribution in [3.63, 3.8) is 0 Å². The van der Waals surface area contributed by atoms with Gasteiger partial charge in [-0.3, -0.25) is 34.7 Å². The third-order valence-electron chi connectivity index (χ3n) is 2.15. The Bertz CT molecular complexity index is 729. The third-order valence-corrected chi connectivity index (χ3v) is 3.99. The average molecular weight is 387 g/mol. The topological polar surface area (TPSA) is 117 Å². The molecule has 0 aliphatic carbocycles. The highest BCUT2D eigenvalue weighted by Crippen LogP contribution is 2.20. The van der Waals surface area contributed by atoms with Gasteiger partial charge in [-0.2, -0.15) is 0 Å². The summed E-state index contributed by atoms with van der Waals surface area (Å²) in [5.74, 6) is -0.0555. The minimum absolute atomic E-state index is 0.0625. The maximum atomic E-state index is 11.3. The highest BCUT2D eigenvalue weighted by Gasteiger charge is 2.00. The quantitative estimate of drug-likeness (QED) is 0.697. The van der Waals surface area contributed by atoms with Crippen molar-refractivity contribution in [3.8, 4) is 0 Å². The Kier molecular flexibility index (Phi) is 12.8. The molecule has 8 nitrogen and oxygen atoms in total. The first-order valence-corrected chi connectivity index (χ1v) is 9.58. The van der Waals surface area contributed by atoms with Gasteiger partial charge in [-0.25, -0.2) is 0 Å². The highest BCUT2D eigenvalue weighted by atomic mass is 33.1. The number of carbonyl (C=O) groups is 1. The maximum Gasteiger partial charge on any atom is 0.268 e. The average Bonchev–Trinajstić information content (AvgIpc) is 2.63. The molecular formula is C16H17N7OS2. The number of hydrogen-bond acceptors (Lipinski definition) is 9. The molecule has 0 unspecified atom stereocenters. The van der Waals surface area contributed by atoms with Crippen molar-refractivity contribution >= 4 is 64.8 Å². The van der Waals surface area contributed by atoms with Gasteiger partial charge in [0.05, 0.1) is 6.20 Å². The molecule has 0 aromatic heterocycles. The molecule has 0 saturated heterocycles. The molecule has 26 heavy (non-hydrogen) atoms. The SMILES string of the molecule is NC(=O)C1=CN=CC=NC=CN=CC=NC=CN=CC=CSSCC=N1. The number of aliphatic imine (C=N–C) groups is 6. The number of carbonyl (C=O) groups excluding carboxylic acids is 1. The van der Waals surface area contributed by atoms with E-state index in [1.807, 2.05) is 5.41 Å². The molecule has 2 N–H and O–H groups in total. The van der Waals surface area contributed by atoms with Crippen LogP contribution in [0.1, 0.15) is 0 Å². The summed E-state index contributed by atoms with van der Waals surface area (Å²) >= 11 is 0. The number of allylic oxidation sites excluding steroid dienone is 1. The molecule has 0 bridgehead atoms. The Labute approximate surface area is 159 Å². The number of nitrogens with two attached hydrogens (primary N) is 1. The summed E-state index contributed by atoms with van der Waals surface area (Å²) in [6.07, 6.45) is 18.3. The van der Waals surface area contributed by atoms with Gasteiger partial charge in [-0.15, -0.1) is 0 Å². The smallest absolute Gasteiger partial charge is 0.268 e. The zero-order valence-corrected chi connectivity index (χ0v) is 15.3. The molecule has 0 fully saturated rings. The Balaban J connectivity index is 2.77. The molecule has 1 amide bonds. The molecular weight excluding hydrogens is 370 g/mol. The summed E-state index contributed by atoms with van der Waals surface area (Å²) in [6.45, 7) is 0. The van der Waals surface area contributed by atoms with E-state index in [0.717, 1.165) is 0 Å². The van der Waals surface area contributed by atoms with Crippen LogP contribution in [0.3, 0.4) is 0 Å². The molecule has 0 spiro atoms. The summed E-state index contributed by atoms with van der Waals surface area (Å²) in [6, 6.07) is 0. The van der Waals surface area contributed by atoms with E-state index in [4.69, 9.17) is 5.73 Å². The van der Waals surface area contributed by atoms with Crippen LogP contribution in [0.2, 0.25) is 0 Å². The maximum absolute atomic E-state index is 11.3. The summed E-state index contributed by atoms with van der Waals surface area (Å²) < 4.78 is 0. The molecule has 134 valence electrons. The first-order chi connectivity index (χ1) is 12.8. The predicted molar refractivity (Wildman–Crippen MR) is 116 cm³/mol. The van der Waals surface area contributed by atoms with Gasteiger partial charge in [0.1, 0.15) is 5.70 Å². The Morgan fingerprint density at radius 3 is 2.08 bits per heavy atom. The lowest BCUT2D eigenvalue weighted by atomic mass is 10.4. The van der Waals surface area contributed by atoms with Crippen LogP contribution in [-0.4, -0.2) is 48.9 Å². The molecule has 1 heterocycles. The van der Waals surface area contributed by atoms with E-state index in [1.165, 1.54) is 54.3 Å². The molecule has 1 rings (SSSR count). The Hall–Kier alpha value is -2.85. The summed E-state index contributed by atoms with van der Waals surface area (Å²) in [7, 11) is 3.05. The Morgan fingerprint density at radius 1 is 0.885 bits per heavy atom. The van der Waals surface area contributed by atoms with E-state index >= 15 is 0 Å². The van der Waals surface area contributed by atoms with Gasteiger partial charge in [0, 0.05) is 67.8 Å². The van der Waals surface area contributed by atoms with Crippen LogP contribution in [-0.2, 0) is 4.79 Å². The van der Waals surface area contributed by atoms with Crippen molar-refractivity contribution in [3.05, 3.63) is 48.2 Å². The van der Waals surface area contributed by atoms with E-state index in [9.17, 15) is 4.79 Å². The number of rotatable bonds is 1. The van der Waals surface area contributed by atoms with Crippen LogP contribution in [0.4, 0.5) is 0 Å². The minimum Gasteiger partial charge on any atom is -0.364 e. The molecule has 10 heteroatoms. The van der Waals surface area contributed by atoms with Crippen molar-refractivity contribution in [1.82, 2.24) is 0 Å². The fourth-order valence-corrected chi connectivity index (χ4v) is 2.42. The van der Waals surface area contributed by atoms with Crippen molar-refractivity contribution in [2.24, 2.45) is 35.7 Å². The van der Waals surface area contributed by atoms with E-state index in [-0.39, 0.29) is 5.70 Å². The molecule has 0 aromatic rings. The first kappa shape index (κ1) is 21.2. The van der Waals surface area contributed by atoms with Gasteiger partial charge in [0.25, 0.3) is 5.91 Å². The predicted octanol–water partition coefficient (Wildman–Crippen LogP) is 2.59.